The van der Waals surface area contributed by atoms with E-state index in [1.165, 1.54) is 6.20 Å². The van der Waals surface area contributed by atoms with Crippen molar-refractivity contribution in [2.24, 2.45) is 0 Å². The van der Waals surface area contributed by atoms with Crippen molar-refractivity contribution in [3.05, 3.63) is 47.3 Å². The number of rotatable bonds is 3. The highest BCUT2D eigenvalue weighted by atomic mass is 19.1. The lowest BCUT2D eigenvalue weighted by Gasteiger charge is -2.24. The number of nitrogens with one attached hydrogen (secondary N) is 3. The van der Waals surface area contributed by atoms with Gasteiger partial charge in [-0.05, 0) is 37.8 Å². The molecule has 0 unspecified atom stereocenters. The smallest absolute Gasteiger partial charge is 0.315 e. The van der Waals surface area contributed by atoms with Crippen LogP contribution >= 0.6 is 0 Å². The molecule has 3 rings (SSSR count). The summed E-state index contributed by atoms with van der Waals surface area (Å²) in [4.78, 5) is 15.8. The minimum atomic E-state index is -0.437. The maximum absolute atomic E-state index is 13.7. The highest BCUT2D eigenvalue weighted by molar-refractivity contribution is 5.75. The molecule has 0 saturated heterocycles. The average Bonchev–Trinajstić information content (AvgIpc) is 2.97. The van der Waals surface area contributed by atoms with Crippen molar-refractivity contribution in [1.82, 2.24) is 25.8 Å². The predicted molar refractivity (Wildman–Crippen MR) is 78.5 cm³/mol. The van der Waals surface area contributed by atoms with Crippen LogP contribution in [0.1, 0.15) is 48.7 Å². The summed E-state index contributed by atoms with van der Waals surface area (Å²) < 4.78 is 13.7. The molecule has 0 aliphatic heterocycles. The van der Waals surface area contributed by atoms with Crippen LogP contribution in [0.2, 0.25) is 0 Å². The zero-order valence-electron chi connectivity index (χ0n) is 12.3. The van der Waals surface area contributed by atoms with E-state index in [0.29, 0.717) is 5.56 Å². The van der Waals surface area contributed by atoms with Crippen molar-refractivity contribution >= 4 is 6.03 Å². The maximum Gasteiger partial charge on any atom is 0.315 e. The molecule has 6 nitrogen and oxygen atoms in total. The molecular formula is C15H18FN5O. The molecule has 116 valence electrons. The van der Waals surface area contributed by atoms with Gasteiger partial charge in [0.05, 0.1) is 30.2 Å². The van der Waals surface area contributed by atoms with Gasteiger partial charge in [0.25, 0.3) is 0 Å². The second kappa shape index (κ2) is 6.13. The second-order valence-corrected chi connectivity index (χ2v) is 5.49. The quantitative estimate of drug-likeness (QED) is 0.814. The maximum atomic E-state index is 13.7. The second-order valence-electron chi connectivity index (χ2n) is 5.49. The summed E-state index contributed by atoms with van der Waals surface area (Å²) in [5, 5.41) is 12.7. The Balaban J connectivity index is 1.63. The van der Waals surface area contributed by atoms with E-state index in [-0.39, 0.29) is 12.1 Å². The van der Waals surface area contributed by atoms with Gasteiger partial charge in [0, 0.05) is 11.8 Å². The summed E-state index contributed by atoms with van der Waals surface area (Å²) in [7, 11) is 0. The lowest BCUT2D eigenvalue weighted by atomic mass is 9.94. The van der Waals surface area contributed by atoms with Gasteiger partial charge >= 0.3 is 6.03 Å². The van der Waals surface area contributed by atoms with Crippen LogP contribution in [0.3, 0.4) is 0 Å². The third-order valence-electron chi connectivity index (χ3n) is 3.96. The summed E-state index contributed by atoms with van der Waals surface area (Å²) in [6, 6.07) is 0.721. The van der Waals surface area contributed by atoms with Crippen LogP contribution in [0.4, 0.5) is 9.18 Å². The number of aromatic nitrogens is 3. The van der Waals surface area contributed by atoms with Gasteiger partial charge in [0.2, 0.25) is 0 Å². The fraction of sp³-hybridized carbons (Fsp3) is 0.400. The molecule has 1 aliphatic rings. The molecule has 3 N–H and O–H groups in total. The van der Waals surface area contributed by atoms with E-state index in [2.05, 4.69) is 25.8 Å². The number of amides is 2. The Morgan fingerprint density at radius 3 is 3.18 bits per heavy atom. The zero-order chi connectivity index (χ0) is 15.5. The normalized spacial score (nSPS) is 18.4. The number of aryl methyl sites for hydroxylation is 1. The summed E-state index contributed by atoms with van der Waals surface area (Å²) in [6.07, 6.45) is 7.29. The lowest BCUT2D eigenvalue weighted by molar-refractivity contribution is 0.232. The highest BCUT2D eigenvalue weighted by Crippen LogP contribution is 2.27. The topological polar surface area (TPSA) is 82.7 Å². The van der Waals surface area contributed by atoms with E-state index in [4.69, 9.17) is 0 Å². The summed E-state index contributed by atoms with van der Waals surface area (Å²) in [6.45, 7) is 1.74. The molecule has 0 aromatic carbocycles. The van der Waals surface area contributed by atoms with Crippen LogP contribution in [0.15, 0.2) is 24.7 Å². The molecule has 0 spiro atoms. The molecule has 0 radical (unpaired) electrons. The average molecular weight is 303 g/mol. The molecule has 0 bridgehead atoms. The molecule has 1 aliphatic carbocycles. The summed E-state index contributed by atoms with van der Waals surface area (Å²) in [5.74, 6) is -0.427. The van der Waals surface area contributed by atoms with Crippen molar-refractivity contribution in [1.29, 1.82) is 0 Å². The summed E-state index contributed by atoms with van der Waals surface area (Å²) in [5.41, 5.74) is 2.52. The van der Waals surface area contributed by atoms with E-state index < -0.39 is 11.9 Å². The zero-order valence-corrected chi connectivity index (χ0v) is 12.3. The van der Waals surface area contributed by atoms with Gasteiger partial charge < -0.3 is 10.6 Å². The highest BCUT2D eigenvalue weighted by Gasteiger charge is 2.24. The lowest BCUT2D eigenvalue weighted by Crippen LogP contribution is -2.40. The van der Waals surface area contributed by atoms with Crippen LogP contribution in [-0.2, 0) is 6.42 Å². The third kappa shape index (κ3) is 2.93. The molecular weight excluding hydrogens is 285 g/mol. The first-order valence-corrected chi connectivity index (χ1v) is 7.33. The van der Waals surface area contributed by atoms with Crippen LogP contribution in [-0.4, -0.2) is 21.2 Å². The number of aromatic amines is 1. The SMILES string of the molecule is C[C@H](NC(=O)N[C@H]1CCCc2cn[nH]c21)c1ccncc1F. The van der Waals surface area contributed by atoms with Crippen molar-refractivity contribution < 1.29 is 9.18 Å². The number of urea groups is 1. The Morgan fingerprint density at radius 2 is 2.36 bits per heavy atom. The summed E-state index contributed by atoms with van der Waals surface area (Å²) >= 11 is 0. The van der Waals surface area contributed by atoms with Gasteiger partial charge in [-0.1, -0.05) is 0 Å². The van der Waals surface area contributed by atoms with E-state index in [9.17, 15) is 9.18 Å². The van der Waals surface area contributed by atoms with Gasteiger partial charge in [0.15, 0.2) is 0 Å². The largest absolute Gasteiger partial charge is 0.332 e. The number of carbonyl (C=O) groups excluding carboxylic acids is 1. The molecule has 2 aromatic rings. The Hall–Kier alpha value is -2.44. The van der Waals surface area contributed by atoms with Crippen LogP contribution in [0.25, 0.3) is 0 Å². The Labute approximate surface area is 127 Å². The molecule has 2 amide bonds. The monoisotopic (exact) mass is 303 g/mol. The van der Waals surface area contributed by atoms with Crippen molar-refractivity contribution in [3.8, 4) is 0 Å². The number of fused-ring (bicyclic) bond motifs is 1. The fourth-order valence-corrected chi connectivity index (χ4v) is 2.82. The molecule has 7 heteroatoms. The van der Waals surface area contributed by atoms with Gasteiger partial charge in [-0.25, -0.2) is 9.18 Å². The van der Waals surface area contributed by atoms with Crippen LogP contribution in [0.5, 0.6) is 0 Å². The standard InChI is InChI=1S/C15H18FN5O/c1-9(11-5-6-17-8-12(11)16)19-15(22)20-13-4-2-3-10-7-18-21-14(10)13/h5-9,13H,2-4H2,1H3,(H,18,21)(H2,19,20,22)/t9-,13-/m0/s1. The number of halogens is 1. The molecule has 2 atom stereocenters. The van der Waals surface area contributed by atoms with Crippen molar-refractivity contribution in [3.63, 3.8) is 0 Å². The van der Waals surface area contributed by atoms with Crippen LogP contribution < -0.4 is 10.6 Å². The fourth-order valence-electron chi connectivity index (χ4n) is 2.82. The Kier molecular flexibility index (Phi) is 4.04. The number of carbonyl (C=O) groups is 1. The molecule has 2 aromatic heterocycles. The first kappa shape index (κ1) is 14.5. The molecule has 0 saturated carbocycles. The van der Waals surface area contributed by atoms with E-state index >= 15 is 0 Å². The van der Waals surface area contributed by atoms with E-state index in [1.807, 2.05) is 0 Å². The number of hydrogen-bond donors (Lipinski definition) is 3. The predicted octanol–water partition coefficient (Wildman–Crippen LogP) is 2.38. The van der Waals surface area contributed by atoms with Crippen LogP contribution in [0, 0.1) is 5.82 Å². The van der Waals surface area contributed by atoms with Gasteiger partial charge in [-0.2, -0.15) is 5.10 Å². The first-order chi connectivity index (χ1) is 10.6. The number of pyridine rings is 1. The Bertz CT molecular complexity index is 671. The number of hydrogen-bond acceptors (Lipinski definition) is 3. The van der Waals surface area contributed by atoms with Gasteiger partial charge in [-0.3, -0.25) is 10.1 Å². The minimum Gasteiger partial charge on any atom is -0.332 e. The van der Waals surface area contributed by atoms with Gasteiger partial charge in [0.1, 0.15) is 5.82 Å². The molecule has 22 heavy (non-hydrogen) atoms. The Morgan fingerprint density at radius 1 is 1.50 bits per heavy atom. The first-order valence-electron chi connectivity index (χ1n) is 7.33. The van der Waals surface area contributed by atoms with Gasteiger partial charge in [-0.15, -0.1) is 0 Å². The van der Waals surface area contributed by atoms with Crippen molar-refractivity contribution in [2.45, 2.75) is 38.3 Å². The van der Waals surface area contributed by atoms with Crippen molar-refractivity contribution in [2.75, 3.05) is 0 Å². The molecule has 0 fully saturated rings. The number of nitrogens with zero attached hydrogens (tertiary/aromatic N) is 2. The minimum absolute atomic E-state index is 0.0827. The number of H-pyrrole nitrogens is 1. The van der Waals surface area contributed by atoms with E-state index in [0.717, 1.165) is 36.7 Å². The molecule has 2 heterocycles. The third-order valence-corrected chi connectivity index (χ3v) is 3.96. The van der Waals surface area contributed by atoms with E-state index in [1.54, 1.807) is 19.2 Å².